The van der Waals surface area contributed by atoms with Gasteiger partial charge in [-0.25, -0.2) is 4.79 Å². The minimum Gasteiger partial charge on any atom is -0.481 e. The molecule has 114 valence electrons. The van der Waals surface area contributed by atoms with Gasteiger partial charge in [-0.05, 0) is 12.8 Å². The summed E-state index contributed by atoms with van der Waals surface area (Å²) in [5.41, 5.74) is 0. The van der Waals surface area contributed by atoms with Crippen molar-refractivity contribution in [3.63, 3.8) is 0 Å². The molecule has 0 aromatic carbocycles. The summed E-state index contributed by atoms with van der Waals surface area (Å²) in [6.07, 6.45) is -0.356. The van der Waals surface area contributed by atoms with Crippen molar-refractivity contribution in [2.45, 2.75) is 26.0 Å². The topological polar surface area (TPSA) is 90.3 Å². The van der Waals surface area contributed by atoms with Crippen LogP contribution in [-0.2, 0) is 9.53 Å². The van der Waals surface area contributed by atoms with E-state index in [1.165, 1.54) is 0 Å². The normalized spacial score (nSPS) is 34.4. The van der Waals surface area contributed by atoms with Crippen LogP contribution < -0.4 is 0 Å². The van der Waals surface area contributed by atoms with E-state index < -0.39 is 11.9 Å². The monoisotopic (exact) mass is 286 g/mol. The maximum Gasteiger partial charge on any atom is 0.320 e. The molecular formula is C13H22N2O5. The van der Waals surface area contributed by atoms with E-state index in [2.05, 4.69) is 0 Å². The predicted octanol–water partition coefficient (Wildman–Crippen LogP) is -0.159. The third kappa shape index (κ3) is 2.88. The van der Waals surface area contributed by atoms with Gasteiger partial charge in [-0.15, -0.1) is 0 Å². The fraction of sp³-hybridized carbons (Fsp3) is 0.846. The fourth-order valence-electron chi connectivity index (χ4n) is 2.82. The molecule has 2 amide bonds. The van der Waals surface area contributed by atoms with Crippen molar-refractivity contribution in [1.82, 2.24) is 9.80 Å². The Morgan fingerprint density at radius 3 is 2.50 bits per heavy atom. The van der Waals surface area contributed by atoms with Crippen molar-refractivity contribution in [3.05, 3.63) is 0 Å². The number of aliphatic hydroxyl groups excluding tert-OH is 1. The van der Waals surface area contributed by atoms with Gasteiger partial charge in [0.05, 0.1) is 37.8 Å². The van der Waals surface area contributed by atoms with Crippen molar-refractivity contribution >= 4 is 12.0 Å². The quantitative estimate of drug-likeness (QED) is 0.736. The highest BCUT2D eigenvalue weighted by atomic mass is 16.5. The number of hydrogen-bond donors (Lipinski definition) is 2. The van der Waals surface area contributed by atoms with Gasteiger partial charge in [0.15, 0.2) is 0 Å². The summed E-state index contributed by atoms with van der Waals surface area (Å²) >= 11 is 0. The summed E-state index contributed by atoms with van der Waals surface area (Å²) in [4.78, 5) is 26.9. The number of morpholine rings is 1. The van der Waals surface area contributed by atoms with Crippen LogP contribution in [0.5, 0.6) is 0 Å². The highest BCUT2D eigenvalue weighted by molar-refractivity contribution is 5.78. The number of amides is 2. The van der Waals surface area contributed by atoms with E-state index in [1.807, 2.05) is 13.8 Å². The molecule has 2 saturated heterocycles. The second-order valence-corrected chi connectivity index (χ2v) is 5.75. The lowest BCUT2D eigenvalue weighted by Gasteiger charge is -2.39. The van der Waals surface area contributed by atoms with Gasteiger partial charge in [-0.1, -0.05) is 6.92 Å². The molecule has 0 saturated carbocycles. The molecule has 0 aliphatic carbocycles. The second kappa shape index (κ2) is 5.97. The maximum atomic E-state index is 12.5. The molecule has 0 aromatic heterocycles. The molecule has 2 rings (SSSR count). The molecule has 0 spiro atoms. The summed E-state index contributed by atoms with van der Waals surface area (Å²) in [6, 6.07) is -0.223. The zero-order valence-corrected chi connectivity index (χ0v) is 11.9. The van der Waals surface area contributed by atoms with Crippen LogP contribution in [0.1, 0.15) is 13.8 Å². The van der Waals surface area contributed by atoms with E-state index in [9.17, 15) is 9.59 Å². The Kier molecular flexibility index (Phi) is 4.49. The van der Waals surface area contributed by atoms with Crippen LogP contribution >= 0.6 is 0 Å². The summed E-state index contributed by atoms with van der Waals surface area (Å²) in [5, 5.41) is 18.3. The number of carbonyl (C=O) groups excluding carboxylic acids is 1. The summed E-state index contributed by atoms with van der Waals surface area (Å²) in [7, 11) is 0. The van der Waals surface area contributed by atoms with Crippen molar-refractivity contribution in [2.24, 2.45) is 11.8 Å². The molecular weight excluding hydrogens is 264 g/mol. The zero-order valence-electron chi connectivity index (χ0n) is 11.9. The molecule has 2 aliphatic rings. The number of carboxylic acids is 1. The Bertz CT molecular complexity index is 389. The standard InChI is InChI=1S/C13H22N2O5/c1-8-3-14(5-11(8)12(17)18)13(19)15-4-10(6-16)20-7-9(15)2/h8-11,16H,3-7H2,1-2H3,(H,17,18)/t8-,9?,10?,11-/m1/s1. The Morgan fingerprint density at radius 2 is 1.95 bits per heavy atom. The van der Waals surface area contributed by atoms with E-state index in [-0.39, 0.29) is 37.2 Å². The lowest BCUT2D eigenvalue weighted by Crippen LogP contribution is -2.55. The first-order valence-electron chi connectivity index (χ1n) is 6.94. The second-order valence-electron chi connectivity index (χ2n) is 5.75. The number of aliphatic carboxylic acids is 1. The number of likely N-dealkylation sites (tertiary alicyclic amines) is 1. The lowest BCUT2D eigenvalue weighted by atomic mass is 9.99. The van der Waals surface area contributed by atoms with Gasteiger partial charge < -0.3 is 24.7 Å². The molecule has 2 unspecified atom stereocenters. The minimum atomic E-state index is -0.851. The Hall–Kier alpha value is -1.34. The van der Waals surface area contributed by atoms with E-state index in [4.69, 9.17) is 14.9 Å². The molecule has 4 atom stereocenters. The van der Waals surface area contributed by atoms with Crippen molar-refractivity contribution in [2.75, 3.05) is 32.8 Å². The lowest BCUT2D eigenvalue weighted by molar-refractivity contribution is -0.142. The highest BCUT2D eigenvalue weighted by Crippen LogP contribution is 2.25. The van der Waals surface area contributed by atoms with Gasteiger partial charge in [0.25, 0.3) is 0 Å². The van der Waals surface area contributed by atoms with Gasteiger partial charge in [0.2, 0.25) is 0 Å². The van der Waals surface area contributed by atoms with E-state index in [0.29, 0.717) is 19.7 Å². The number of hydrogen-bond acceptors (Lipinski definition) is 4. The highest BCUT2D eigenvalue weighted by Gasteiger charge is 2.40. The number of ether oxygens (including phenoxy) is 1. The summed E-state index contributed by atoms with van der Waals surface area (Å²) in [6.45, 7) is 5.07. The molecule has 0 aromatic rings. The largest absolute Gasteiger partial charge is 0.481 e. The average Bonchev–Trinajstić information content (AvgIpc) is 2.81. The molecule has 7 nitrogen and oxygen atoms in total. The van der Waals surface area contributed by atoms with Crippen LogP contribution in [0.15, 0.2) is 0 Å². The average molecular weight is 286 g/mol. The van der Waals surface area contributed by atoms with Gasteiger partial charge in [0.1, 0.15) is 0 Å². The smallest absolute Gasteiger partial charge is 0.320 e. The summed E-state index contributed by atoms with van der Waals surface area (Å²) in [5.74, 6) is -1.39. The van der Waals surface area contributed by atoms with Crippen molar-refractivity contribution < 1.29 is 24.5 Å². The first-order valence-corrected chi connectivity index (χ1v) is 6.94. The Balaban J connectivity index is 2.02. The van der Waals surface area contributed by atoms with Crippen LogP contribution in [0.4, 0.5) is 4.79 Å². The third-order valence-electron chi connectivity index (χ3n) is 4.15. The van der Waals surface area contributed by atoms with E-state index in [0.717, 1.165) is 0 Å². The van der Waals surface area contributed by atoms with Crippen molar-refractivity contribution in [1.29, 1.82) is 0 Å². The van der Waals surface area contributed by atoms with Crippen molar-refractivity contribution in [3.8, 4) is 0 Å². The summed E-state index contributed by atoms with van der Waals surface area (Å²) < 4.78 is 5.41. The molecule has 20 heavy (non-hydrogen) atoms. The van der Waals surface area contributed by atoms with Crippen LogP contribution in [0, 0.1) is 11.8 Å². The number of urea groups is 1. The predicted molar refractivity (Wildman–Crippen MR) is 70.3 cm³/mol. The van der Waals surface area contributed by atoms with Crippen LogP contribution in [0.3, 0.4) is 0 Å². The van der Waals surface area contributed by atoms with Gasteiger partial charge in [-0.2, -0.15) is 0 Å². The Morgan fingerprint density at radius 1 is 1.25 bits per heavy atom. The minimum absolute atomic E-state index is 0.0403. The van der Waals surface area contributed by atoms with Gasteiger partial charge >= 0.3 is 12.0 Å². The zero-order chi connectivity index (χ0) is 14.9. The fourth-order valence-corrected chi connectivity index (χ4v) is 2.82. The first kappa shape index (κ1) is 15.1. The third-order valence-corrected chi connectivity index (χ3v) is 4.15. The number of nitrogens with zero attached hydrogens (tertiary/aromatic N) is 2. The SMILES string of the molecule is CC1COC(CO)CN1C(=O)N1C[C@@H](C)[C@H](C(=O)O)C1. The Labute approximate surface area is 118 Å². The van der Waals surface area contributed by atoms with E-state index in [1.54, 1.807) is 9.80 Å². The molecule has 7 heteroatoms. The number of carboxylic acid groups (broad SMARTS) is 1. The molecule has 2 aliphatic heterocycles. The first-order chi connectivity index (χ1) is 9.43. The molecule has 0 radical (unpaired) electrons. The van der Waals surface area contributed by atoms with Crippen LogP contribution in [-0.4, -0.2) is 77.0 Å². The molecule has 2 fully saturated rings. The molecule has 2 N–H and O–H groups in total. The van der Waals surface area contributed by atoms with E-state index >= 15 is 0 Å². The number of aliphatic hydroxyl groups is 1. The molecule has 2 heterocycles. The maximum absolute atomic E-state index is 12.5. The van der Waals surface area contributed by atoms with Gasteiger partial charge in [-0.3, -0.25) is 4.79 Å². The number of carbonyl (C=O) groups is 2. The van der Waals surface area contributed by atoms with Crippen LogP contribution in [0.25, 0.3) is 0 Å². The van der Waals surface area contributed by atoms with Crippen LogP contribution in [0.2, 0.25) is 0 Å². The van der Waals surface area contributed by atoms with Gasteiger partial charge in [0, 0.05) is 13.1 Å². The molecule has 0 bridgehead atoms. The number of rotatable bonds is 2.